The van der Waals surface area contributed by atoms with Gasteiger partial charge in [0.2, 0.25) is 0 Å². The van der Waals surface area contributed by atoms with Gasteiger partial charge < -0.3 is 4.52 Å². The number of amides is 1. The van der Waals surface area contributed by atoms with Crippen LogP contribution in [0, 0.1) is 17.2 Å². The summed E-state index contributed by atoms with van der Waals surface area (Å²) in [5.41, 5.74) is 2.11. The van der Waals surface area contributed by atoms with E-state index in [1.807, 2.05) is 24.3 Å². The van der Waals surface area contributed by atoms with Gasteiger partial charge in [0.25, 0.3) is 5.91 Å². The monoisotopic (exact) mass is 237 g/mol. The minimum Gasteiger partial charge on any atom is -0.359 e. The van der Waals surface area contributed by atoms with Crippen LogP contribution >= 0.6 is 0 Å². The smallest absolute Gasteiger partial charge is 0.287 e. The molecule has 1 amide bonds. The van der Waals surface area contributed by atoms with Gasteiger partial charge in [-0.15, -0.1) is 0 Å². The van der Waals surface area contributed by atoms with Crippen LogP contribution in [0.25, 0.3) is 0 Å². The average molecular weight is 237 g/mol. The number of nitrogens with zero attached hydrogens (tertiary/aromatic N) is 3. The van der Waals surface area contributed by atoms with Crippen molar-refractivity contribution >= 4 is 5.91 Å². The molecule has 0 bridgehead atoms. The van der Waals surface area contributed by atoms with Crippen molar-refractivity contribution in [2.24, 2.45) is 11.8 Å². The Kier molecular flexibility index (Phi) is 4.63. The fourth-order valence-corrected chi connectivity index (χ4v) is 1.41. The number of nitrogen functional groups attached to an aromatic ring is 1. The quantitative estimate of drug-likeness (QED) is 0.419. The highest BCUT2D eigenvalue weighted by Gasteiger charge is 2.13. The lowest BCUT2D eigenvalue weighted by Gasteiger charge is -2.15. The van der Waals surface area contributed by atoms with Gasteiger partial charge in [-0.05, 0) is 14.0 Å². The highest BCUT2D eigenvalue weighted by molar-refractivity contribution is 5.91. The molecule has 3 N–H and O–H groups in total. The molecule has 0 fully saturated rings. The van der Waals surface area contributed by atoms with E-state index in [1.165, 1.54) is 6.07 Å². The Morgan fingerprint density at radius 3 is 3.12 bits per heavy atom. The predicted molar refractivity (Wildman–Crippen MR) is 59.3 cm³/mol. The van der Waals surface area contributed by atoms with Crippen molar-refractivity contribution in [1.82, 2.24) is 15.5 Å². The molecule has 1 atom stereocenters. The fraction of sp³-hybridized carbons (Fsp3) is 0.500. The zero-order valence-corrected chi connectivity index (χ0v) is 9.80. The van der Waals surface area contributed by atoms with Crippen molar-refractivity contribution in [2.45, 2.75) is 13.5 Å². The van der Waals surface area contributed by atoms with Crippen molar-refractivity contribution < 1.29 is 9.32 Å². The van der Waals surface area contributed by atoms with Crippen LogP contribution in [0.4, 0.5) is 0 Å². The Balaban J connectivity index is 2.55. The molecule has 0 aliphatic carbocycles. The molecule has 1 unspecified atom stereocenters. The number of carbonyl (C=O) groups excluding carboxylic acids is 1. The molecule has 92 valence electrons. The zero-order chi connectivity index (χ0) is 12.8. The molecular weight excluding hydrogens is 222 g/mol. The van der Waals surface area contributed by atoms with Crippen LogP contribution in [-0.4, -0.2) is 29.6 Å². The summed E-state index contributed by atoms with van der Waals surface area (Å²) in [6.45, 7) is 2.94. The lowest BCUT2D eigenvalue weighted by atomic mass is 10.2. The summed E-state index contributed by atoms with van der Waals surface area (Å²) < 4.78 is 4.98. The number of rotatable bonds is 5. The number of nitriles is 1. The first-order valence-electron chi connectivity index (χ1n) is 5.11. The molecule has 7 heteroatoms. The molecule has 1 heterocycles. The van der Waals surface area contributed by atoms with Gasteiger partial charge in [-0.1, -0.05) is 5.16 Å². The molecule has 0 spiro atoms. The normalized spacial score (nSPS) is 12.2. The summed E-state index contributed by atoms with van der Waals surface area (Å²) >= 11 is 0. The summed E-state index contributed by atoms with van der Waals surface area (Å²) in [6.07, 6.45) is 0. The maximum absolute atomic E-state index is 11.1. The number of aromatic nitrogens is 1. The average Bonchev–Trinajstić information content (AvgIpc) is 2.76. The number of carbonyl (C=O) groups is 1. The molecule has 0 radical (unpaired) electrons. The molecule has 1 aromatic heterocycles. The summed E-state index contributed by atoms with van der Waals surface area (Å²) in [6, 6.07) is 3.67. The van der Waals surface area contributed by atoms with E-state index in [2.05, 4.69) is 11.2 Å². The van der Waals surface area contributed by atoms with Gasteiger partial charge in [-0.3, -0.25) is 15.1 Å². The predicted octanol–water partition coefficient (Wildman–Crippen LogP) is -0.130. The molecule has 1 rings (SSSR count). The largest absolute Gasteiger partial charge is 0.359 e. The Hall–Kier alpha value is -1.91. The third kappa shape index (κ3) is 3.86. The lowest BCUT2D eigenvalue weighted by molar-refractivity contribution is 0.0944. The van der Waals surface area contributed by atoms with Gasteiger partial charge >= 0.3 is 0 Å². The minimum atomic E-state index is -0.493. The van der Waals surface area contributed by atoms with Crippen LogP contribution in [0.2, 0.25) is 0 Å². The van der Waals surface area contributed by atoms with Crippen LogP contribution < -0.4 is 11.3 Å². The molecule has 0 aromatic carbocycles. The Labute approximate surface area is 99.1 Å². The second-order valence-electron chi connectivity index (χ2n) is 3.88. The van der Waals surface area contributed by atoms with Gasteiger partial charge in [-0.25, -0.2) is 5.84 Å². The van der Waals surface area contributed by atoms with Crippen molar-refractivity contribution in [3.05, 3.63) is 17.5 Å². The van der Waals surface area contributed by atoms with Gasteiger partial charge in [0.15, 0.2) is 11.5 Å². The third-order valence-electron chi connectivity index (χ3n) is 2.15. The number of nitrogens with one attached hydrogen (secondary N) is 1. The summed E-state index contributed by atoms with van der Waals surface area (Å²) in [7, 11) is 1.86. The van der Waals surface area contributed by atoms with E-state index < -0.39 is 5.91 Å². The Morgan fingerprint density at radius 2 is 2.53 bits per heavy atom. The van der Waals surface area contributed by atoms with E-state index in [1.54, 1.807) is 0 Å². The second kappa shape index (κ2) is 5.98. The number of hydrazine groups is 1. The van der Waals surface area contributed by atoms with E-state index in [0.717, 1.165) is 0 Å². The van der Waals surface area contributed by atoms with Crippen LogP contribution in [0.5, 0.6) is 0 Å². The maximum Gasteiger partial charge on any atom is 0.287 e. The summed E-state index contributed by atoms with van der Waals surface area (Å²) in [5.74, 6) is 4.97. The molecule has 1 aromatic rings. The highest BCUT2D eigenvalue weighted by Crippen LogP contribution is 2.07. The molecule has 0 aliphatic heterocycles. The molecule has 17 heavy (non-hydrogen) atoms. The van der Waals surface area contributed by atoms with E-state index in [4.69, 9.17) is 15.6 Å². The van der Waals surface area contributed by atoms with Crippen LogP contribution in [0.3, 0.4) is 0 Å². The van der Waals surface area contributed by atoms with Crippen LogP contribution in [0.15, 0.2) is 10.6 Å². The molecular formula is C10H15N5O2. The van der Waals surface area contributed by atoms with Crippen LogP contribution in [-0.2, 0) is 6.54 Å². The van der Waals surface area contributed by atoms with E-state index >= 15 is 0 Å². The molecule has 7 nitrogen and oxygen atoms in total. The first-order chi connectivity index (χ1) is 8.06. The molecule has 0 saturated heterocycles. The number of hydrogen-bond donors (Lipinski definition) is 2. The van der Waals surface area contributed by atoms with Crippen molar-refractivity contribution in [3.63, 3.8) is 0 Å². The van der Waals surface area contributed by atoms with Gasteiger partial charge in [0.1, 0.15) is 0 Å². The summed E-state index contributed by atoms with van der Waals surface area (Å²) in [5, 5.41) is 12.3. The molecule has 0 saturated carbocycles. The zero-order valence-electron chi connectivity index (χ0n) is 9.80. The van der Waals surface area contributed by atoms with Gasteiger partial charge in [-0.2, -0.15) is 5.26 Å². The number of nitrogens with two attached hydrogens (primary N) is 1. The van der Waals surface area contributed by atoms with E-state index in [-0.39, 0.29) is 11.6 Å². The maximum atomic E-state index is 11.1. The summed E-state index contributed by atoms with van der Waals surface area (Å²) in [4.78, 5) is 13.0. The first kappa shape index (κ1) is 13.2. The van der Waals surface area contributed by atoms with Crippen LogP contribution in [0.1, 0.15) is 23.2 Å². The van der Waals surface area contributed by atoms with Crippen molar-refractivity contribution in [2.75, 3.05) is 13.6 Å². The lowest BCUT2D eigenvalue weighted by Crippen LogP contribution is -2.30. The minimum absolute atomic E-state index is 0.0604. The Morgan fingerprint density at radius 1 is 1.82 bits per heavy atom. The van der Waals surface area contributed by atoms with Crippen molar-refractivity contribution in [3.8, 4) is 6.07 Å². The van der Waals surface area contributed by atoms with Gasteiger partial charge in [0, 0.05) is 12.6 Å². The first-order valence-corrected chi connectivity index (χ1v) is 5.11. The standard InChI is InChI=1S/C10H15N5O2/c1-7(4-11)5-15(2)6-8-3-9(14-17-8)10(16)13-12/h3,7H,5-6,12H2,1-2H3,(H,13,16). The SMILES string of the molecule is CC(C#N)CN(C)Cc1cc(C(=O)NN)no1. The molecule has 0 aliphatic rings. The Bertz CT molecular complexity index is 423. The highest BCUT2D eigenvalue weighted by atomic mass is 16.5. The van der Waals surface area contributed by atoms with Crippen molar-refractivity contribution in [1.29, 1.82) is 5.26 Å². The second-order valence-corrected chi connectivity index (χ2v) is 3.88. The van der Waals surface area contributed by atoms with E-state index in [0.29, 0.717) is 18.8 Å². The fourth-order valence-electron chi connectivity index (χ4n) is 1.41. The third-order valence-corrected chi connectivity index (χ3v) is 2.15. The van der Waals surface area contributed by atoms with E-state index in [9.17, 15) is 4.79 Å². The topological polar surface area (TPSA) is 108 Å². The van der Waals surface area contributed by atoms with Gasteiger partial charge in [0.05, 0.1) is 18.5 Å². The number of hydrogen-bond acceptors (Lipinski definition) is 6.